The van der Waals surface area contributed by atoms with Gasteiger partial charge in [-0.25, -0.2) is 9.18 Å². The van der Waals surface area contributed by atoms with Crippen molar-refractivity contribution in [1.82, 2.24) is 0 Å². The molecule has 1 aromatic rings. The average molecular weight is 298 g/mol. The number of carboxylic acids is 1. The summed E-state index contributed by atoms with van der Waals surface area (Å²) in [5.41, 5.74) is 5.64. The number of benzene rings is 1. The van der Waals surface area contributed by atoms with E-state index in [1.807, 2.05) is 11.8 Å². The van der Waals surface area contributed by atoms with Crippen LogP contribution in [0.2, 0.25) is 0 Å². The van der Waals surface area contributed by atoms with Crippen LogP contribution in [-0.4, -0.2) is 28.1 Å². The van der Waals surface area contributed by atoms with Crippen LogP contribution in [0.25, 0.3) is 0 Å². The van der Waals surface area contributed by atoms with Gasteiger partial charge in [-0.05, 0) is 30.7 Å². The summed E-state index contributed by atoms with van der Waals surface area (Å²) in [4.78, 5) is 11.1. The van der Waals surface area contributed by atoms with Crippen molar-refractivity contribution < 1.29 is 14.3 Å². The Morgan fingerprint density at radius 2 is 2.30 bits per heavy atom. The fourth-order valence-electron chi connectivity index (χ4n) is 2.59. The van der Waals surface area contributed by atoms with Gasteiger partial charge in [0.15, 0.2) is 0 Å². The van der Waals surface area contributed by atoms with Gasteiger partial charge < -0.3 is 16.2 Å². The third-order valence-corrected chi connectivity index (χ3v) is 4.87. The summed E-state index contributed by atoms with van der Waals surface area (Å²) in [5.74, 6) is -0.621. The first-order chi connectivity index (χ1) is 9.52. The molecule has 1 fully saturated rings. The van der Waals surface area contributed by atoms with Gasteiger partial charge in [0.25, 0.3) is 0 Å². The van der Waals surface area contributed by atoms with Crippen molar-refractivity contribution in [3.8, 4) is 0 Å². The summed E-state index contributed by atoms with van der Waals surface area (Å²) >= 11 is 1.86. The minimum absolute atomic E-state index is 0.0496. The van der Waals surface area contributed by atoms with E-state index in [0.717, 1.165) is 31.1 Å². The second-order valence-corrected chi connectivity index (χ2v) is 6.42. The van der Waals surface area contributed by atoms with Gasteiger partial charge in [-0.2, -0.15) is 11.8 Å². The SMILES string of the molecule is CCSC1CCCC1Nc1cc(C(=O)O)c(N)cc1F. The first kappa shape index (κ1) is 15.0. The zero-order valence-corrected chi connectivity index (χ0v) is 12.2. The molecule has 0 amide bonds. The average Bonchev–Trinajstić information content (AvgIpc) is 2.80. The predicted octanol–water partition coefficient (Wildman–Crippen LogP) is 3.19. The van der Waals surface area contributed by atoms with Crippen molar-refractivity contribution >= 4 is 29.1 Å². The van der Waals surface area contributed by atoms with Crippen molar-refractivity contribution in [1.29, 1.82) is 0 Å². The van der Waals surface area contributed by atoms with Crippen LogP contribution in [0.15, 0.2) is 12.1 Å². The monoisotopic (exact) mass is 298 g/mol. The van der Waals surface area contributed by atoms with Crippen LogP contribution in [-0.2, 0) is 0 Å². The Hall–Kier alpha value is -1.43. The molecular formula is C14H19FN2O2S. The first-order valence-corrected chi connectivity index (χ1v) is 7.78. The number of carbonyl (C=O) groups is 1. The maximum atomic E-state index is 13.9. The van der Waals surface area contributed by atoms with Crippen LogP contribution in [0.1, 0.15) is 36.5 Å². The molecule has 20 heavy (non-hydrogen) atoms. The third-order valence-electron chi connectivity index (χ3n) is 3.54. The number of rotatable bonds is 5. The summed E-state index contributed by atoms with van der Waals surface area (Å²) in [6.45, 7) is 2.10. The maximum absolute atomic E-state index is 13.9. The first-order valence-electron chi connectivity index (χ1n) is 6.73. The van der Waals surface area contributed by atoms with Crippen molar-refractivity contribution in [3.63, 3.8) is 0 Å². The molecule has 4 N–H and O–H groups in total. The van der Waals surface area contributed by atoms with Gasteiger partial charge in [0.1, 0.15) is 5.82 Å². The molecular weight excluding hydrogens is 279 g/mol. The Morgan fingerprint density at radius 3 is 2.95 bits per heavy atom. The molecule has 0 heterocycles. The smallest absolute Gasteiger partial charge is 0.337 e. The summed E-state index contributed by atoms with van der Waals surface area (Å²) < 4.78 is 13.9. The number of hydrogen-bond acceptors (Lipinski definition) is 4. The highest BCUT2D eigenvalue weighted by atomic mass is 32.2. The van der Waals surface area contributed by atoms with Crippen LogP contribution in [0.3, 0.4) is 0 Å². The highest BCUT2D eigenvalue weighted by Crippen LogP contribution is 2.33. The molecule has 2 unspecified atom stereocenters. The van der Waals surface area contributed by atoms with E-state index < -0.39 is 11.8 Å². The number of thioether (sulfide) groups is 1. The molecule has 0 bridgehead atoms. The Kier molecular flexibility index (Phi) is 4.75. The van der Waals surface area contributed by atoms with Gasteiger partial charge >= 0.3 is 5.97 Å². The van der Waals surface area contributed by atoms with Crippen LogP contribution >= 0.6 is 11.8 Å². The van der Waals surface area contributed by atoms with Crippen LogP contribution in [0.4, 0.5) is 15.8 Å². The van der Waals surface area contributed by atoms with Gasteiger partial charge in [-0.15, -0.1) is 0 Å². The molecule has 0 aromatic heterocycles. The standard InChI is InChI=1S/C14H19FN2O2S/c1-2-20-13-5-3-4-11(13)17-12-6-8(14(18)19)10(16)7-9(12)15/h6-7,11,13,17H,2-5,16H2,1H3,(H,18,19). The Balaban J connectivity index is 2.20. The van der Waals surface area contributed by atoms with E-state index in [1.165, 1.54) is 6.07 Å². The third kappa shape index (κ3) is 3.17. The van der Waals surface area contributed by atoms with Gasteiger partial charge in [0.2, 0.25) is 0 Å². The predicted molar refractivity (Wildman–Crippen MR) is 81.0 cm³/mol. The molecule has 0 aliphatic heterocycles. The quantitative estimate of drug-likeness (QED) is 0.728. The van der Waals surface area contributed by atoms with Crippen LogP contribution in [0.5, 0.6) is 0 Å². The van der Waals surface area contributed by atoms with Crippen molar-refractivity contribution in [2.45, 2.75) is 37.5 Å². The molecule has 2 rings (SSSR count). The van der Waals surface area contributed by atoms with E-state index in [-0.39, 0.29) is 23.0 Å². The second-order valence-electron chi connectivity index (χ2n) is 4.90. The summed E-state index contributed by atoms with van der Waals surface area (Å²) in [6, 6.07) is 2.54. The summed E-state index contributed by atoms with van der Waals surface area (Å²) in [5, 5.41) is 12.6. The number of aromatic carboxylic acids is 1. The van der Waals surface area contributed by atoms with Crippen LogP contribution in [0, 0.1) is 5.82 Å². The van der Waals surface area contributed by atoms with E-state index in [2.05, 4.69) is 12.2 Å². The highest BCUT2D eigenvalue weighted by Gasteiger charge is 2.28. The van der Waals surface area contributed by atoms with E-state index in [9.17, 15) is 9.18 Å². The highest BCUT2D eigenvalue weighted by molar-refractivity contribution is 7.99. The zero-order chi connectivity index (χ0) is 14.7. The number of nitrogens with one attached hydrogen (secondary N) is 1. The molecule has 0 saturated heterocycles. The van der Waals surface area contributed by atoms with E-state index in [0.29, 0.717) is 5.25 Å². The molecule has 110 valence electrons. The molecule has 1 aliphatic rings. The number of carboxylic acid groups (broad SMARTS) is 1. The molecule has 1 aliphatic carbocycles. The lowest BCUT2D eigenvalue weighted by atomic mass is 10.1. The fourth-order valence-corrected chi connectivity index (χ4v) is 3.79. The van der Waals surface area contributed by atoms with Crippen molar-refractivity contribution in [3.05, 3.63) is 23.5 Å². The zero-order valence-electron chi connectivity index (χ0n) is 11.4. The minimum Gasteiger partial charge on any atom is -0.478 e. The second kappa shape index (κ2) is 6.35. The van der Waals surface area contributed by atoms with E-state index in [4.69, 9.17) is 10.8 Å². The fraction of sp³-hybridized carbons (Fsp3) is 0.500. The normalized spacial score (nSPS) is 21.9. The number of anilines is 2. The maximum Gasteiger partial charge on any atom is 0.337 e. The lowest BCUT2D eigenvalue weighted by Crippen LogP contribution is -2.27. The van der Waals surface area contributed by atoms with E-state index >= 15 is 0 Å². The van der Waals surface area contributed by atoms with Gasteiger partial charge in [-0.3, -0.25) is 0 Å². The Morgan fingerprint density at radius 1 is 1.55 bits per heavy atom. The van der Waals surface area contributed by atoms with Crippen molar-refractivity contribution in [2.75, 3.05) is 16.8 Å². The summed E-state index contributed by atoms with van der Waals surface area (Å²) in [7, 11) is 0. The molecule has 4 nitrogen and oxygen atoms in total. The molecule has 6 heteroatoms. The van der Waals surface area contributed by atoms with Gasteiger partial charge in [-0.1, -0.05) is 13.3 Å². The molecule has 0 spiro atoms. The molecule has 1 saturated carbocycles. The Bertz CT molecular complexity index is 510. The number of nitrogen functional groups attached to an aromatic ring is 1. The van der Waals surface area contributed by atoms with E-state index in [1.54, 1.807) is 0 Å². The van der Waals surface area contributed by atoms with Crippen LogP contribution < -0.4 is 11.1 Å². The summed E-state index contributed by atoms with van der Waals surface area (Å²) in [6.07, 6.45) is 3.19. The minimum atomic E-state index is -1.14. The van der Waals surface area contributed by atoms with Crippen molar-refractivity contribution in [2.24, 2.45) is 0 Å². The topological polar surface area (TPSA) is 75.3 Å². The Labute approximate surface area is 121 Å². The molecule has 1 aromatic carbocycles. The number of hydrogen-bond donors (Lipinski definition) is 3. The lowest BCUT2D eigenvalue weighted by Gasteiger charge is -2.22. The number of nitrogens with two attached hydrogens (primary N) is 1. The number of halogens is 1. The molecule has 0 radical (unpaired) electrons. The lowest BCUT2D eigenvalue weighted by molar-refractivity contribution is 0.0698. The largest absolute Gasteiger partial charge is 0.478 e. The van der Waals surface area contributed by atoms with Gasteiger partial charge in [0, 0.05) is 17.0 Å². The van der Waals surface area contributed by atoms with Gasteiger partial charge in [0.05, 0.1) is 11.3 Å². The molecule has 2 atom stereocenters.